The van der Waals surface area contributed by atoms with Gasteiger partial charge in [-0.25, -0.2) is 9.97 Å². The van der Waals surface area contributed by atoms with Crippen LogP contribution in [0.4, 0.5) is 17.3 Å². The second-order valence-electron chi connectivity index (χ2n) is 4.16. The van der Waals surface area contributed by atoms with Gasteiger partial charge in [0.1, 0.15) is 18.0 Å². The van der Waals surface area contributed by atoms with E-state index in [-0.39, 0.29) is 0 Å². The Kier molecular flexibility index (Phi) is 3.77. The van der Waals surface area contributed by atoms with Crippen molar-refractivity contribution in [2.24, 2.45) is 0 Å². The third-order valence-corrected chi connectivity index (χ3v) is 2.92. The Morgan fingerprint density at radius 1 is 1.11 bits per heavy atom. The minimum absolute atomic E-state index is 0.790. The van der Waals surface area contributed by atoms with Crippen LogP contribution in [0.25, 0.3) is 0 Å². The number of benzene rings is 1. The molecule has 0 unspecified atom stereocenters. The molecule has 2 rings (SSSR count). The molecule has 0 aliphatic carbocycles. The molecule has 4 nitrogen and oxygen atoms in total. The standard InChI is InChI=1S/C14H18N4/c1-4-11-5-6-12(7-10(11)2)18-14-8-13(15-3)16-9-17-14/h5-9H,4H2,1-3H3,(H2,15,16,17,18). The van der Waals surface area contributed by atoms with Gasteiger partial charge in [0, 0.05) is 18.8 Å². The Morgan fingerprint density at radius 2 is 1.89 bits per heavy atom. The van der Waals surface area contributed by atoms with Gasteiger partial charge in [0.25, 0.3) is 0 Å². The van der Waals surface area contributed by atoms with Crippen LogP contribution in [-0.2, 0) is 6.42 Å². The van der Waals surface area contributed by atoms with Gasteiger partial charge in [-0.3, -0.25) is 0 Å². The summed E-state index contributed by atoms with van der Waals surface area (Å²) in [6.45, 7) is 4.29. The highest BCUT2D eigenvalue weighted by Gasteiger charge is 2.01. The van der Waals surface area contributed by atoms with Crippen LogP contribution in [0.3, 0.4) is 0 Å². The molecule has 4 heteroatoms. The molecule has 94 valence electrons. The quantitative estimate of drug-likeness (QED) is 0.864. The summed E-state index contributed by atoms with van der Waals surface area (Å²) in [6.07, 6.45) is 2.60. The van der Waals surface area contributed by atoms with Gasteiger partial charge in [0.2, 0.25) is 0 Å². The first-order valence-electron chi connectivity index (χ1n) is 6.09. The lowest BCUT2D eigenvalue weighted by Gasteiger charge is -2.09. The zero-order valence-corrected chi connectivity index (χ0v) is 11.0. The topological polar surface area (TPSA) is 49.8 Å². The molecule has 2 aromatic rings. The first kappa shape index (κ1) is 12.4. The molecule has 0 radical (unpaired) electrons. The fourth-order valence-corrected chi connectivity index (χ4v) is 1.88. The largest absolute Gasteiger partial charge is 0.373 e. The third-order valence-electron chi connectivity index (χ3n) is 2.92. The van der Waals surface area contributed by atoms with Crippen LogP contribution in [0, 0.1) is 6.92 Å². The average molecular weight is 242 g/mol. The first-order valence-corrected chi connectivity index (χ1v) is 6.09. The maximum atomic E-state index is 4.19. The van der Waals surface area contributed by atoms with Gasteiger partial charge in [-0.2, -0.15) is 0 Å². The molecule has 0 saturated heterocycles. The highest BCUT2D eigenvalue weighted by atomic mass is 15.1. The molecule has 18 heavy (non-hydrogen) atoms. The number of rotatable bonds is 4. The Morgan fingerprint density at radius 3 is 2.56 bits per heavy atom. The summed E-state index contributed by atoms with van der Waals surface area (Å²) in [4.78, 5) is 8.27. The molecular formula is C14H18N4. The van der Waals surface area contributed by atoms with E-state index in [4.69, 9.17) is 0 Å². The lowest BCUT2D eigenvalue weighted by atomic mass is 10.1. The van der Waals surface area contributed by atoms with Gasteiger partial charge in [-0.15, -0.1) is 0 Å². The van der Waals surface area contributed by atoms with Crippen molar-refractivity contribution in [2.45, 2.75) is 20.3 Å². The number of hydrogen-bond donors (Lipinski definition) is 2. The summed E-state index contributed by atoms with van der Waals surface area (Å²) in [5.74, 6) is 1.59. The van der Waals surface area contributed by atoms with Crippen molar-refractivity contribution < 1.29 is 0 Å². The van der Waals surface area contributed by atoms with E-state index < -0.39 is 0 Å². The number of anilines is 3. The van der Waals surface area contributed by atoms with Gasteiger partial charge in [-0.05, 0) is 36.6 Å². The summed E-state index contributed by atoms with van der Waals surface area (Å²) in [6, 6.07) is 8.24. The number of nitrogens with one attached hydrogen (secondary N) is 2. The van der Waals surface area contributed by atoms with E-state index in [0.717, 1.165) is 23.7 Å². The molecule has 2 N–H and O–H groups in total. The lowest BCUT2D eigenvalue weighted by molar-refractivity contribution is 1.11. The Labute approximate surface area is 107 Å². The monoisotopic (exact) mass is 242 g/mol. The smallest absolute Gasteiger partial charge is 0.135 e. The Balaban J connectivity index is 2.20. The molecule has 0 aliphatic rings. The van der Waals surface area contributed by atoms with Crippen LogP contribution in [-0.4, -0.2) is 17.0 Å². The van der Waals surface area contributed by atoms with Crippen LogP contribution in [0.1, 0.15) is 18.1 Å². The molecule has 0 amide bonds. The minimum Gasteiger partial charge on any atom is -0.373 e. The second-order valence-corrected chi connectivity index (χ2v) is 4.16. The van der Waals surface area contributed by atoms with E-state index in [0.29, 0.717) is 0 Å². The predicted molar refractivity (Wildman–Crippen MR) is 75.4 cm³/mol. The van der Waals surface area contributed by atoms with E-state index in [1.807, 2.05) is 13.1 Å². The van der Waals surface area contributed by atoms with Crippen molar-refractivity contribution in [2.75, 3.05) is 17.7 Å². The van der Waals surface area contributed by atoms with E-state index in [2.05, 4.69) is 52.6 Å². The van der Waals surface area contributed by atoms with Gasteiger partial charge in [0.05, 0.1) is 0 Å². The molecule has 0 aliphatic heterocycles. The van der Waals surface area contributed by atoms with Gasteiger partial charge in [0.15, 0.2) is 0 Å². The van der Waals surface area contributed by atoms with Crippen LogP contribution in [0.5, 0.6) is 0 Å². The van der Waals surface area contributed by atoms with Crippen LogP contribution in [0.15, 0.2) is 30.6 Å². The van der Waals surface area contributed by atoms with Crippen LogP contribution < -0.4 is 10.6 Å². The first-order chi connectivity index (χ1) is 8.72. The van der Waals surface area contributed by atoms with E-state index >= 15 is 0 Å². The third kappa shape index (κ3) is 2.77. The van der Waals surface area contributed by atoms with E-state index in [1.165, 1.54) is 11.1 Å². The maximum absolute atomic E-state index is 4.19. The zero-order chi connectivity index (χ0) is 13.0. The second kappa shape index (κ2) is 5.49. The molecule has 0 spiro atoms. The lowest BCUT2D eigenvalue weighted by Crippen LogP contribution is -1.98. The molecule has 1 aromatic heterocycles. The van der Waals surface area contributed by atoms with E-state index in [1.54, 1.807) is 6.33 Å². The summed E-state index contributed by atoms with van der Waals surface area (Å²) in [5.41, 5.74) is 3.72. The molecule has 0 bridgehead atoms. The fraction of sp³-hybridized carbons (Fsp3) is 0.286. The van der Waals surface area contributed by atoms with Crippen molar-refractivity contribution in [1.82, 2.24) is 9.97 Å². The van der Waals surface area contributed by atoms with Gasteiger partial charge in [-0.1, -0.05) is 13.0 Å². The number of aryl methyl sites for hydroxylation is 2. The predicted octanol–water partition coefficient (Wildman–Crippen LogP) is 3.13. The summed E-state index contributed by atoms with van der Waals surface area (Å²) in [5, 5.41) is 6.27. The molecule has 1 heterocycles. The van der Waals surface area contributed by atoms with Crippen molar-refractivity contribution >= 4 is 17.3 Å². The number of nitrogens with zero attached hydrogens (tertiary/aromatic N) is 2. The Hall–Kier alpha value is -2.10. The molecule has 0 saturated carbocycles. The van der Waals surface area contributed by atoms with Crippen LogP contribution >= 0.6 is 0 Å². The molecule has 1 aromatic carbocycles. The minimum atomic E-state index is 0.790. The number of aromatic nitrogens is 2. The number of hydrogen-bond acceptors (Lipinski definition) is 4. The Bertz CT molecular complexity index is 537. The summed E-state index contributed by atoms with van der Waals surface area (Å²) >= 11 is 0. The highest BCUT2D eigenvalue weighted by Crippen LogP contribution is 2.19. The van der Waals surface area contributed by atoms with Crippen LogP contribution in [0.2, 0.25) is 0 Å². The van der Waals surface area contributed by atoms with Crippen molar-refractivity contribution in [3.63, 3.8) is 0 Å². The summed E-state index contributed by atoms with van der Waals surface area (Å²) < 4.78 is 0. The normalized spacial score (nSPS) is 10.2. The van der Waals surface area contributed by atoms with Crippen molar-refractivity contribution in [1.29, 1.82) is 0 Å². The van der Waals surface area contributed by atoms with Crippen molar-refractivity contribution in [3.05, 3.63) is 41.7 Å². The van der Waals surface area contributed by atoms with Crippen molar-refractivity contribution in [3.8, 4) is 0 Å². The summed E-state index contributed by atoms with van der Waals surface area (Å²) in [7, 11) is 1.84. The zero-order valence-electron chi connectivity index (χ0n) is 11.0. The average Bonchev–Trinajstić information content (AvgIpc) is 2.39. The highest BCUT2D eigenvalue weighted by molar-refractivity contribution is 5.60. The fourth-order valence-electron chi connectivity index (χ4n) is 1.88. The van der Waals surface area contributed by atoms with Gasteiger partial charge < -0.3 is 10.6 Å². The molecular weight excluding hydrogens is 224 g/mol. The maximum Gasteiger partial charge on any atom is 0.135 e. The SMILES string of the molecule is CCc1ccc(Nc2cc(NC)ncn2)cc1C. The molecule has 0 fully saturated rings. The van der Waals surface area contributed by atoms with Gasteiger partial charge >= 0.3 is 0 Å². The van der Waals surface area contributed by atoms with E-state index in [9.17, 15) is 0 Å². The molecule has 0 atom stereocenters.